The molecule has 1 aromatic carbocycles. The number of nitrogens with zero attached hydrogens (tertiary/aromatic N) is 3. The van der Waals surface area contributed by atoms with Crippen LogP contribution in [0.25, 0.3) is 0 Å². The van der Waals surface area contributed by atoms with Crippen molar-refractivity contribution in [1.82, 2.24) is 9.88 Å². The number of hydrogen-bond donors (Lipinski definition) is 3. The van der Waals surface area contributed by atoms with Crippen LogP contribution in [0.15, 0.2) is 40.9 Å². The summed E-state index contributed by atoms with van der Waals surface area (Å²) in [5.41, 5.74) is 7.85. The van der Waals surface area contributed by atoms with Crippen LogP contribution in [0.1, 0.15) is 28.8 Å². The molecule has 0 aliphatic carbocycles. The molecule has 2 unspecified atom stereocenters. The number of pyridine rings is 1. The minimum absolute atomic E-state index is 0.00116. The van der Waals surface area contributed by atoms with Gasteiger partial charge in [-0.25, -0.2) is 4.98 Å². The Hall–Kier alpha value is -2.98. The highest BCUT2D eigenvalue weighted by atomic mass is 32.2. The van der Waals surface area contributed by atoms with Crippen molar-refractivity contribution in [2.45, 2.75) is 12.8 Å². The number of amides is 1. The molecule has 2 atom stereocenters. The third-order valence-corrected chi connectivity index (χ3v) is 5.96. The van der Waals surface area contributed by atoms with Crippen LogP contribution in [0.5, 0.6) is 5.75 Å². The van der Waals surface area contributed by atoms with E-state index in [-0.39, 0.29) is 17.7 Å². The third kappa shape index (κ3) is 4.29. The van der Waals surface area contributed by atoms with Gasteiger partial charge in [-0.2, -0.15) is 4.72 Å². The van der Waals surface area contributed by atoms with E-state index in [4.69, 9.17) is 10.5 Å². The molecule has 2 aliphatic rings. The fourth-order valence-electron chi connectivity index (χ4n) is 3.73. The Labute approximate surface area is 178 Å². The van der Waals surface area contributed by atoms with Gasteiger partial charge in [-0.05, 0) is 41.5 Å². The number of fused-ring (bicyclic) bond motifs is 1. The van der Waals surface area contributed by atoms with Crippen LogP contribution in [-0.2, 0) is 11.5 Å². The molecular formula is C20H24N6O3S. The van der Waals surface area contributed by atoms with Crippen molar-refractivity contribution in [3.63, 3.8) is 0 Å². The summed E-state index contributed by atoms with van der Waals surface area (Å²) in [5, 5.41) is 2.96. The highest BCUT2D eigenvalue weighted by Crippen LogP contribution is 2.31. The van der Waals surface area contributed by atoms with Gasteiger partial charge in [-0.3, -0.25) is 4.79 Å². The molecule has 0 radical (unpaired) electrons. The lowest BCUT2D eigenvalue weighted by atomic mass is 9.98. The number of amidine groups is 1. The minimum Gasteiger partial charge on any atom is -0.566 e. The SMILES string of the molecule is CNc1cc(C(=O)N2CCCC(COc3cccc4c3C(N)=N[S+]([O-])N4)C2)ccn1. The quantitative estimate of drug-likeness (QED) is 0.619. The van der Waals surface area contributed by atoms with Crippen molar-refractivity contribution in [1.29, 1.82) is 0 Å². The lowest BCUT2D eigenvalue weighted by molar-refractivity contribution is 0.0633. The molecule has 0 bridgehead atoms. The monoisotopic (exact) mass is 428 g/mol. The Kier molecular flexibility index (Phi) is 5.96. The molecule has 4 rings (SSSR count). The molecule has 1 aromatic heterocycles. The highest BCUT2D eigenvalue weighted by molar-refractivity contribution is 7.91. The number of likely N-dealkylation sites (tertiary alicyclic amines) is 1. The van der Waals surface area contributed by atoms with E-state index in [1.165, 1.54) is 0 Å². The predicted molar refractivity (Wildman–Crippen MR) is 117 cm³/mol. The zero-order valence-corrected chi connectivity index (χ0v) is 17.4. The molecule has 1 amide bonds. The maximum Gasteiger partial charge on any atom is 0.254 e. The Morgan fingerprint density at radius 1 is 1.47 bits per heavy atom. The summed E-state index contributed by atoms with van der Waals surface area (Å²) in [6.07, 6.45) is 3.53. The van der Waals surface area contributed by atoms with E-state index < -0.39 is 11.5 Å². The van der Waals surface area contributed by atoms with Crippen LogP contribution < -0.4 is 20.5 Å². The van der Waals surface area contributed by atoms with Gasteiger partial charge in [0.25, 0.3) is 5.91 Å². The first-order valence-corrected chi connectivity index (χ1v) is 10.9. The topological polar surface area (TPSA) is 128 Å². The number of ether oxygens (including phenoxy) is 1. The maximum atomic E-state index is 12.9. The van der Waals surface area contributed by atoms with Crippen LogP contribution in [0.3, 0.4) is 0 Å². The molecule has 2 aromatic rings. The average molecular weight is 429 g/mol. The summed E-state index contributed by atoms with van der Waals surface area (Å²) in [7, 11) is 1.78. The second-order valence-electron chi connectivity index (χ2n) is 7.26. The van der Waals surface area contributed by atoms with Gasteiger partial charge in [0.1, 0.15) is 11.6 Å². The Morgan fingerprint density at radius 2 is 2.33 bits per heavy atom. The van der Waals surface area contributed by atoms with Gasteiger partial charge >= 0.3 is 0 Å². The second-order valence-corrected chi connectivity index (χ2v) is 8.14. The smallest absolute Gasteiger partial charge is 0.254 e. The van der Waals surface area contributed by atoms with E-state index in [0.29, 0.717) is 41.5 Å². The Bertz CT molecular complexity index is 969. The zero-order chi connectivity index (χ0) is 21.1. The minimum atomic E-state index is -1.57. The molecule has 30 heavy (non-hydrogen) atoms. The lowest BCUT2D eigenvalue weighted by Crippen LogP contribution is -2.41. The average Bonchev–Trinajstić information content (AvgIpc) is 2.77. The summed E-state index contributed by atoms with van der Waals surface area (Å²) < 4.78 is 24.4. The van der Waals surface area contributed by atoms with E-state index in [1.54, 1.807) is 31.4 Å². The van der Waals surface area contributed by atoms with Gasteiger partial charge in [0.05, 0.1) is 17.9 Å². The molecule has 0 saturated carbocycles. The Morgan fingerprint density at radius 3 is 3.17 bits per heavy atom. The lowest BCUT2D eigenvalue weighted by Gasteiger charge is -2.33. The van der Waals surface area contributed by atoms with Crippen LogP contribution in [0, 0.1) is 5.92 Å². The number of nitrogens with two attached hydrogens (primary N) is 1. The molecule has 1 fully saturated rings. The van der Waals surface area contributed by atoms with Gasteiger partial charge < -0.3 is 25.2 Å². The molecule has 2 aliphatic heterocycles. The van der Waals surface area contributed by atoms with Crippen LogP contribution in [-0.4, -0.2) is 52.9 Å². The number of hydrogen-bond acceptors (Lipinski definition) is 8. The number of nitrogens with one attached hydrogen (secondary N) is 2. The molecular weight excluding hydrogens is 404 g/mol. The molecule has 9 nitrogen and oxygen atoms in total. The van der Waals surface area contributed by atoms with E-state index >= 15 is 0 Å². The summed E-state index contributed by atoms with van der Waals surface area (Å²) >= 11 is -1.57. The highest BCUT2D eigenvalue weighted by Gasteiger charge is 2.27. The third-order valence-electron chi connectivity index (χ3n) is 5.20. The molecule has 10 heteroatoms. The van der Waals surface area contributed by atoms with Crippen LogP contribution in [0.4, 0.5) is 11.5 Å². The number of rotatable bonds is 5. The number of aromatic nitrogens is 1. The molecule has 158 valence electrons. The van der Waals surface area contributed by atoms with E-state index in [1.807, 2.05) is 17.0 Å². The van der Waals surface area contributed by atoms with Crippen molar-refractivity contribution in [2.75, 3.05) is 36.8 Å². The first-order valence-electron chi connectivity index (χ1n) is 9.77. The number of carbonyl (C=O) groups is 1. The van der Waals surface area contributed by atoms with Crippen molar-refractivity contribution in [3.05, 3.63) is 47.7 Å². The fourth-order valence-corrected chi connectivity index (χ4v) is 4.40. The number of carbonyl (C=O) groups excluding carboxylic acids is 1. The van der Waals surface area contributed by atoms with Crippen molar-refractivity contribution in [3.8, 4) is 5.75 Å². The molecule has 4 N–H and O–H groups in total. The van der Waals surface area contributed by atoms with Crippen LogP contribution in [0.2, 0.25) is 0 Å². The molecule has 3 heterocycles. The zero-order valence-electron chi connectivity index (χ0n) is 16.6. The number of benzene rings is 1. The van der Waals surface area contributed by atoms with E-state index in [9.17, 15) is 9.35 Å². The first kappa shape index (κ1) is 20.3. The molecule has 0 spiro atoms. The predicted octanol–water partition coefficient (Wildman–Crippen LogP) is 1.76. The summed E-state index contributed by atoms with van der Waals surface area (Å²) in [6.45, 7) is 1.80. The van der Waals surface area contributed by atoms with E-state index in [0.717, 1.165) is 19.4 Å². The second kappa shape index (κ2) is 8.80. The van der Waals surface area contributed by atoms with Gasteiger partial charge in [-0.15, -0.1) is 0 Å². The van der Waals surface area contributed by atoms with Crippen molar-refractivity contribution < 1.29 is 14.1 Å². The van der Waals surface area contributed by atoms with E-state index in [2.05, 4.69) is 19.4 Å². The summed E-state index contributed by atoms with van der Waals surface area (Å²) in [5.74, 6) is 1.65. The summed E-state index contributed by atoms with van der Waals surface area (Å²) in [4.78, 5) is 18.9. The van der Waals surface area contributed by atoms with Gasteiger partial charge in [0.2, 0.25) is 11.5 Å². The fraction of sp³-hybridized carbons (Fsp3) is 0.350. The van der Waals surface area contributed by atoms with Crippen molar-refractivity contribution >= 4 is 34.8 Å². The van der Waals surface area contributed by atoms with Gasteiger partial charge in [0, 0.05) is 37.8 Å². The standard InChI is InChI=1S/C20H24N6O3S/c1-22-17-10-14(7-8-23-17)20(27)26-9-3-4-13(11-26)12-29-16-6-2-5-15-18(16)19(21)25-30(28)24-15/h2,5-8,10,13,24H,3-4,9,11-12H2,1H3,(H2,21,25)(H,22,23). The Balaban J connectivity index is 1.42. The maximum absolute atomic E-state index is 12.9. The largest absolute Gasteiger partial charge is 0.566 e. The van der Waals surface area contributed by atoms with Crippen LogP contribution >= 0.6 is 0 Å². The normalized spacial score (nSPS) is 20.6. The summed E-state index contributed by atoms with van der Waals surface area (Å²) in [6, 6.07) is 8.92. The number of anilines is 2. The molecule has 1 saturated heterocycles. The van der Waals surface area contributed by atoms with Gasteiger partial charge in [-0.1, -0.05) is 6.07 Å². The number of piperidine rings is 1. The van der Waals surface area contributed by atoms with Crippen molar-refractivity contribution in [2.24, 2.45) is 16.0 Å². The van der Waals surface area contributed by atoms with Gasteiger partial charge in [0.15, 0.2) is 5.84 Å². The first-order chi connectivity index (χ1) is 14.5.